The Hall–Kier alpha value is -5.80. The smallest absolute Gasteiger partial charge is 0.376 e. The first-order valence-corrected chi connectivity index (χ1v) is 21.5. The molecule has 0 radical (unpaired) electrons. The van der Waals surface area contributed by atoms with Gasteiger partial charge in [0.2, 0.25) is 10.0 Å². The topological polar surface area (TPSA) is 124 Å². The summed E-state index contributed by atoms with van der Waals surface area (Å²) in [6.45, 7) is 0. The van der Waals surface area contributed by atoms with Crippen LogP contribution in [0.15, 0.2) is 94.7 Å². The number of aliphatic hydroxyl groups is 1. The number of nitrogens with two attached hydrogens (primary N) is 1. The Morgan fingerprint density at radius 2 is 0.644 bits per heavy atom. The van der Waals surface area contributed by atoms with E-state index in [4.69, 9.17) is 9.32 Å². The van der Waals surface area contributed by atoms with Crippen LogP contribution in [0.1, 0.15) is 77.9 Å². The van der Waals surface area contributed by atoms with Crippen LogP contribution in [0.4, 0.5) is 105 Å². The molecule has 6 rings (SSSR count). The second kappa shape index (κ2) is 16.9. The molecule has 0 aliphatic carbocycles. The molecule has 0 saturated carbocycles. The van der Waals surface area contributed by atoms with E-state index in [9.17, 15) is 127 Å². The zero-order chi connectivity index (χ0) is 55.8. The van der Waals surface area contributed by atoms with Gasteiger partial charge in [0, 0.05) is 11.1 Å². The van der Waals surface area contributed by atoms with Crippen LogP contribution in [0, 0.1) is 0 Å². The highest BCUT2D eigenvalue weighted by molar-refractivity contribution is 7.91. The summed E-state index contributed by atoms with van der Waals surface area (Å²) in [6, 6.07) is -8.99. The van der Waals surface area contributed by atoms with E-state index in [0.717, 1.165) is 0 Å². The third kappa shape index (κ3) is 10.5. The van der Waals surface area contributed by atoms with Crippen molar-refractivity contribution in [2.75, 3.05) is 0 Å². The van der Waals surface area contributed by atoms with Crippen molar-refractivity contribution in [1.29, 1.82) is 0 Å². The standard InChI is InChI=1S/C40H17F24NO6S2/c41-33(42,43)19-3-15(4-20(11-19)34(44,45)46)31(66,16-5-21(35(47,48)49)12-22(6-16)36(50,51)52)27-1-2-28-30(29(27)72(65,67)68)73(69,70)71-32(28,17-7-23(37(53,54)55)13-24(8-17)38(56,57)58)18-9-25(39(59,60)61)14-26(10-18)40(62,63)64/h1-14,66H,(H2,65,67,68). The number of rotatable bonds is 6. The van der Waals surface area contributed by atoms with Gasteiger partial charge < -0.3 is 5.11 Å². The third-order valence-electron chi connectivity index (χ3n) is 10.6. The number of sulfonamides is 1. The molecular weight excluding hydrogens is 1110 g/mol. The maximum atomic E-state index is 14.4. The van der Waals surface area contributed by atoms with Gasteiger partial charge in [0.15, 0.2) is 5.60 Å². The molecule has 0 bridgehead atoms. The average Bonchev–Trinajstić information content (AvgIpc) is 3.46. The zero-order valence-corrected chi connectivity index (χ0v) is 35.7. The zero-order valence-electron chi connectivity index (χ0n) is 34.0. The Kier molecular flexibility index (Phi) is 13.0. The molecule has 5 aromatic carbocycles. The normalized spacial score (nSPS) is 16.2. The molecule has 0 spiro atoms. The van der Waals surface area contributed by atoms with Crippen LogP contribution >= 0.6 is 0 Å². The van der Waals surface area contributed by atoms with Gasteiger partial charge in [-0.05, 0) is 95.1 Å². The Morgan fingerprint density at radius 3 is 0.877 bits per heavy atom. The van der Waals surface area contributed by atoms with Crippen LogP contribution in [-0.2, 0) is 84.9 Å². The van der Waals surface area contributed by atoms with Crippen LogP contribution in [0.5, 0.6) is 0 Å². The summed E-state index contributed by atoms with van der Waals surface area (Å²) in [7, 11) is -13.6. The van der Waals surface area contributed by atoms with Crippen LogP contribution in [0.3, 0.4) is 0 Å². The summed E-state index contributed by atoms with van der Waals surface area (Å²) in [5.41, 5.74) is -43.6. The lowest BCUT2D eigenvalue weighted by molar-refractivity contribution is -0.145. The minimum Gasteiger partial charge on any atom is -0.376 e. The van der Waals surface area contributed by atoms with E-state index in [1.165, 1.54) is 0 Å². The van der Waals surface area contributed by atoms with Gasteiger partial charge >= 0.3 is 49.4 Å². The van der Waals surface area contributed by atoms with E-state index < -0.39 is 247 Å². The molecule has 33 heteroatoms. The van der Waals surface area contributed by atoms with Crippen molar-refractivity contribution in [3.05, 3.63) is 163 Å². The Bertz CT molecular complexity index is 2990. The molecule has 398 valence electrons. The molecule has 0 atom stereocenters. The van der Waals surface area contributed by atoms with Crippen molar-refractivity contribution in [2.24, 2.45) is 5.14 Å². The van der Waals surface area contributed by atoms with Crippen LogP contribution < -0.4 is 5.14 Å². The van der Waals surface area contributed by atoms with Crippen molar-refractivity contribution in [3.63, 3.8) is 0 Å². The van der Waals surface area contributed by atoms with Gasteiger partial charge in [0.1, 0.15) is 15.4 Å². The minimum absolute atomic E-state index is 0.341. The average molecular weight is 1130 g/mol. The molecule has 1 heterocycles. The number of benzene rings is 5. The monoisotopic (exact) mass is 1130 g/mol. The van der Waals surface area contributed by atoms with Crippen molar-refractivity contribution in [2.45, 2.75) is 70.4 Å². The number of fused-ring (bicyclic) bond motifs is 1. The Morgan fingerprint density at radius 1 is 0.411 bits per heavy atom. The maximum absolute atomic E-state index is 14.4. The van der Waals surface area contributed by atoms with Gasteiger partial charge in [-0.15, -0.1) is 0 Å². The molecule has 5 aromatic rings. The lowest BCUT2D eigenvalue weighted by atomic mass is 9.75. The van der Waals surface area contributed by atoms with E-state index in [1.54, 1.807) is 0 Å². The van der Waals surface area contributed by atoms with E-state index >= 15 is 0 Å². The first kappa shape index (κ1) is 56.5. The highest BCUT2D eigenvalue weighted by atomic mass is 32.2. The quantitative estimate of drug-likeness (QED) is 0.0992. The van der Waals surface area contributed by atoms with Crippen LogP contribution in [-0.4, -0.2) is 21.9 Å². The highest BCUT2D eigenvalue weighted by Gasteiger charge is 2.58. The summed E-state index contributed by atoms with van der Waals surface area (Å²) in [5, 5.41) is 17.8. The van der Waals surface area contributed by atoms with Crippen molar-refractivity contribution >= 4 is 20.1 Å². The molecule has 0 amide bonds. The molecule has 3 N–H and O–H groups in total. The van der Waals surface area contributed by atoms with Crippen molar-refractivity contribution < 1.29 is 131 Å². The Balaban J connectivity index is 1.98. The number of halogens is 24. The molecule has 1 aliphatic rings. The second-order valence-electron chi connectivity index (χ2n) is 15.5. The van der Waals surface area contributed by atoms with Gasteiger partial charge in [-0.2, -0.15) is 114 Å². The van der Waals surface area contributed by atoms with Gasteiger partial charge in [0.05, 0.1) is 44.5 Å². The largest absolute Gasteiger partial charge is 0.416 e. The predicted octanol–water partition coefficient (Wildman–Crippen LogP) is 12.8. The van der Waals surface area contributed by atoms with E-state index in [1.807, 2.05) is 0 Å². The third-order valence-corrected chi connectivity index (χ3v) is 13.2. The van der Waals surface area contributed by atoms with E-state index in [2.05, 4.69) is 0 Å². The molecular formula is C40H17F24NO6S2. The minimum atomic E-state index is -6.90. The maximum Gasteiger partial charge on any atom is 0.416 e. The molecule has 73 heavy (non-hydrogen) atoms. The fourth-order valence-electron chi connectivity index (χ4n) is 7.60. The molecule has 0 unspecified atom stereocenters. The fourth-order valence-corrected chi connectivity index (χ4v) is 10.7. The van der Waals surface area contributed by atoms with Crippen molar-refractivity contribution in [3.8, 4) is 0 Å². The first-order chi connectivity index (χ1) is 32.4. The number of hydrogen-bond acceptors (Lipinski definition) is 6. The summed E-state index contributed by atoms with van der Waals surface area (Å²) in [6.07, 6.45) is -48.7. The second-order valence-corrected chi connectivity index (χ2v) is 18.5. The van der Waals surface area contributed by atoms with E-state index in [-0.39, 0.29) is 6.07 Å². The molecule has 0 fully saturated rings. The van der Waals surface area contributed by atoms with E-state index in [0.29, 0.717) is 0 Å². The van der Waals surface area contributed by atoms with Gasteiger partial charge in [-0.1, -0.05) is 12.1 Å². The van der Waals surface area contributed by atoms with Crippen LogP contribution in [0.25, 0.3) is 0 Å². The lowest BCUT2D eigenvalue weighted by Gasteiger charge is -2.35. The number of alkyl halides is 24. The lowest BCUT2D eigenvalue weighted by Crippen LogP contribution is -2.35. The van der Waals surface area contributed by atoms with Gasteiger partial charge in [-0.3, -0.25) is 0 Å². The summed E-state index contributed by atoms with van der Waals surface area (Å²) in [4.78, 5) is -5.33. The summed E-state index contributed by atoms with van der Waals surface area (Å²) >= 11 is 0. The molecule has 7 nitrogen and oxygen atoms in total. The molecule has 0 saturated heterocycles. The summed E-state index contributed by atoms with van der Waals surface area (Å²) < 4.78 is 405. The number of primary sulfonamides is 1. The molecule has 0 aromatic heterocycles. The van der Waals surface area contributed by atoms with Crippen LogP contribution in [0.2, 0.25) is 0 Å². The van der Waals surface area contributed by atoms with Gasteiger partial charge in [0.25, 0.3) is 10.1 Å². The first-order valence-electron chi connectivity index (χ1n) is 18.5. The predicted molar refractivity (Wildman–Crippen MR) is 194 cm³/mol. The van der Waals surface area contributed by atoms with Gasteiger partial charge in [-0.25, -0.2) is 17.7 Å². The SMILES string of the molecule is NS(=O)(=O)c1c(C(O)(c2cc(C(F)(F)F)cc(C(F)(F)F)c2)c2cc(C(F)(F)F)cc(C(F)(F)F)c2)ccc2c1S(=O)(=O)OC2(c1cc(C(F)(F)F)cc(C(F)(F)F)c1)c1cc(C(F)(F)F)cc(C(F)(F)F)c1. The molecule has 1 aliphatic heterocycles. The highest BCUT2D eigenvalue weighted by Crippen LogP contribution is 2.57. The fraction of sp³-hybridized carbons (Fsp3) is 0.250. The Labute approximate surface area is 389 Å². The summed E-state index contributed by atoms with van der Waals surface area (Å²) in [5.74, 6) is 0. The van der Waals surface area contributed by atoms with Crippen molar-refractivity contribution in [1.82, 2.24) is 0 Å². The number of hydrogen-bond donors (Lipinski definition) is 2.